The summed E-state index contributed by atoms with van der Waals surface area (Å²) in [6.07, 6.45) is 1.82. The number of anilines is 1. The quantitative estimate of drug-likeness (QED) is 0.227. The average Bonchev–Trinajstić information content (AvgIpc) is 3.43. The number of aryl methyl sites for hydroxylation is 1. The van der Waals surface area contributed by atoms with Crippen LogP contribution >= 0.6 is 12.2 Å². The van der Waals surface area contributed by atoms with E-state index in [0.29, 0.717) is 16.6 Å². The summed E-state index contributed by atoms with van der Waals surface area (Å²) in [5.74, 6) is 0.0931. The van der Waals surface area contributed by atoms with Crippen LogP contribution in [0.25, 0.3) is 5.69 Å². The summed E-state index contributed by atoms with van der Waals surface area (Å²) in [4.78, 5) is 19.1. The Hall–Kier alpha value is -3.97. The van der Waals surface area contributed by atoms with Gasteiger partial charge in [0.1, 0.15) is 0 Å². The minimum atomic E-state index is -0.355. The molecule has 6 nitrogen and oxygen atoms in total. The van der Waals surface area contributed by atoms with E-state index in [0.717, 1.165) is 34.0 Å². The molecule has 4 aromatic rings. The Kier molecular flexibility index (Phi) is 7.04. The van der Waals surface area contributed by atoms with Crippen LogP contribution in [0.1, 0.15) is 70.4 Å². The van der Waals surface area contributed by atoms with Gasteiger partial charge in [0.05, 0.1) is 30.5 Å². The molecule has 2 aromatic carbocycles. The lowest BCUT2D eigenvalue weighted by Gasteiger charge is -2.28. The van der Waals surface area contributed by atoms with E-state index in [1.807, 2.05) is 42.6 Å². The summed E-state index contributed by atoms with van der Waals surface area (Å²) in [5.41, 5.74) is 7.95. The van der Waals surface area contributed by atoms with Crippen molar-refractivity contribution in [3.05, 3.63) is 113 Å². The van der Waals surface area contributed by atoms with Crippen molar-refractivity contribution < 1.29 is 9.53 Å². The number of benzene rings is 2. The number of rotatable bonds is 6. The van der Waals surface area contributed by atoms with Crippen molar-refractivity contribution in [2.45, 2.75) is 45.7 Å². The predicted molar refractivity (Wildman–Crippen MR) is 155 cm³/mol. The molecule has 2 atom stereocenters. The summed E-state index contributed by atoms with van der Waals surface area (Å²) in [6, 6.07) is 24.1. The normalized spacial score (nSPS) is 17.1. The Morgan fingerprint density at radius 3 is 2.42 bits per heavy atom. The van der Waals surface area contributed by atoms with Gasteiger partial charge in [-0.05, 0) is 91.6 Å². The van der Waals surface area contributed by atoms with Crippen molar-refractivity contribution in [1.82, 2.24) is 14.9 Å². The van der Waals surface area contributed by atoms with Gasteiger partial charge in [0.15, 0.2) is 5.11 Å². The fourth-order valence-electron chi connectivity index (χ4n) is 5.34. The average molecular weight is 525 g/mol. The largest absolute Gasteiger partial charge is 0.465 e. The number of pyridine rings is 1. The molecule has 1 aliphatic rings. The zero-order chi connectivity index (χ0) is 27.0. The number of methoxy groups -OCH3 is 1. The first kappa shape index (κ1) is 25.7. The van der Waals surface area contributed by atoms with Crippen LogP contribution in [-0.4, -0.2) is 27.7 Å². The van der Waals surface area contributed by atoms with Gasteiger partial charge in [0.25, 0.3) is 0 Å². The lowest BCUT2D eigenvalue weighted by molar-refractivity contribution is 0.0600. The van der Waals surface area contributed by atoms with Crippen LogP contribution in [0.4, 0.5) is 5.69 Å². The summed E-state index contributed by atoms with van der Waals surface area (Å²) >= 11 is 5.93. The molecule has 0 unspecified atom stereocenters. The van der Waals surface area contributed by atoms with E-state index >= 15 is 0 Å². The highest BCUT2D eigenvalue weighted by Crippen LogP contribution is 2.44. The zero-order valence-corrected chi connectivity index (χ0v) is 23.1. The van der Waals surface area contributed by atoms with Crippen molar-refractivity contribution >= 4 is 29.0 Å². The lowest BCUT2D eigenvalue weighted by Crippen LogP contribution is -2.29. The highest BCUT2D eigenvalue weighted by molar-refractivity contribution is 7.80. The first-order valence-electron chi connectivity index (χ1n) is 12.8. The molecule has 1 aliphatic heterocycles. The molecule has 0 amide bonds. The van der Waals surface area contributed by atoms with Crippen LogP contribution in [0.15, 0.2) is 79.0 Å². The topological polar surface area (TPSA) is 59.4 Å². The molecule has 0 spiro atoms. The van der Waals surface area contributed by atoms with Crippen LogP contribution in [0.3, 0.4) is 0 Å². The van der Waals surface area contributed by atoms with Crippen molar-refractivity contribution in [3.8, 4) is 5.69 Å². The molecule has 5 rings (SSSR count). The second-order valence-electron chi connectivity index (χ2n) is 9.95. The molecular weight excluding hydrogens is 492 g/mol. The van der Waals surface area contributed by atoms with Crippen LogP contribution in [0.2, 0.25) is 0 Å². The SMILES string of the molecule is COC(=O)c1cccc(-n2c(C)cc([C@@H]3[C@H](c4ccccn4)NC(=S)N3c3ccc(C(C)C)cc3)c2C)c1. The van der Waals surface area contributed by atoms with Gasteiger partial charge >= 0.3 is 5.97 Å². The van der Waals surface area contributed by atoms with Crippen molar-refractivity contribution in [2.75, 3.05) is 12.0 Å². The predicted octanol–water partition coefficient (Wildman–Crippen LogP) is 6.58. The smallest absolute Gasteiger partial charge is 0.337 e. The van der Waals surface area contributed by atoms with E-state index in [2.05, 4.69) is 77.8 Å². The molecule has 38 heavy (non-hydrogen) atoms. The number of nitrogens with one attached hydrogen (secondary N) is 1. The summed E-state index contributed by atoms with van der Waals surface area (Å²) in [6.45, 7) is 8.59. The summed E-state index contributed by atoms with van der Waals surface area (Å²) in [5, 5.41) is 4.22. The molecule has 7 heteroatoms. The van der Waals surface area contributed by atoms with Gasteiger partial charge in [-0.25, -0.2) is 4.79 Å². The fraction of sp³-hybridized carbons (Fsp3) is 0.258. The van der Waals surface area contributed by atoms with Crippen molar-refractivity contribution in [2.24, 2.45) is 0 Å². The van der Waals surface area contributed by atoms with Gasteiger partial charge in [-0.15, -0.1) is 0 Å². The Bertz CT molecular complexity index is 1480. The number of thiocarbonyl (C=S) groups is 1. The Balaban J connectivity index is 1.64. The lowest BCUT2D eigenvalue weighted by atomic mass is 9.96. The van der Waals surface area contributed by atoms with Gasteiger partial charge in [-0.1, -0.05) is 38.1 Å². The Morgan fingerprint density at radius 2 is 1.76 bits per heavy atom. The third-order valence-corrected chi connectivity index (χ3v) is 7.56. The molecule has 0 aliphatic carbocycles. The molecule has 1 N–H and O–H groups in total. The Labute approximate surface area is 229 Å². The molecule has 194 valence electrons. The molecule has 2 aromatic heterocycles. The molecule has 1 fully saturated rings. The monoisotopic (exact) mass is 524 g/mol. The fourth-order valence-corrected chi connectivity index (χ4v) is 5.69. The number of ether oxygens (including phenoxy) is 1. The van der Waals surface area contributed by atoms with Gasteiger partial charge in [-0.2, -0.15) is 0 Å². The van der Waals surface area contributed by atoms with Crippen molar-refractivity contribution in [1.29, 1.82) is 0 Å². The highest BCUT2D eigenvalue weighted by atomic mass is 32.1. The number of nitrogens with zero attached hydrogens (tertiary/aromatic N) is 3. The standard InChI is InChI=1S/C31H32N4O2S/c1-19(2)22-12-14-24(15-13-22)35-29(28(33-31(35)38)27-11-6-7-16-32-27)26-17-20(3)34(21(26)4)25-10-8-9-23(18-25)30(36)37-5/h6-19,28-29H,1-5H3,(H,33,38)/t28-,29+/m0/s1. The first-order valence-corrected chi connectivity index (χ1v) is 13.2. The number of hydrogen-bond acceptors (Lipinski definition) is 4. The maximum absolute atomic E-state index is 12.2. The van der Waals surface area contributed by atoms with Crippen LogP contribution < -0.4 is 10.2 Å². The maximum Gasteiger partial charge on any atom is 0.337 e. The molecule has 0 bridgehead atoms. The van der Waals surface area contributed by atoms with E-state index in [1.54, 1.807) is 6.07 Å². The third kappa shape index (κ3) is 4.58. The van der Waals surface area contributed by atoms with E-state index in [1.165, 1.54) is 12.7 Å². The number of esters is 1. The van der Waals surface area contributed by atoms with E-state index in [-0.39, 0.29) is 18.1 Å². The van der Waals surface area contributed by atoms with E-state index < -0.39 is 0 Å². The number of carbonyl (C=O) groups is 1. The van der Waals surface area contributed by atoms with Gasteiger partial charge in [0, 0.05) is 29.0 Å². The molecular formula is C31H32N4O2S. The van der Waals surface area contributed by atoms with Crippen LogP contribution in [0.5, 0.6) is 0 Å². The zero-order valence-electron chi connectivity index (χ0n) is 22.3. The van der Waals surface area contributed by atoms with Gasteiger partial charge in [-0.3, -0.25) is 4.98 Å². The highest BCUT2D eigenvalue weighted by Gasteiger charge is 2.42. The molecule has 3 heterocycles. The van der Waals surface area contributed by atoms with Gasteiger partial charge < -0.3 is 19.5 Å². The Morgan fingerprint density at radius 1 is 1.00 bits per heavy atom. The summed E-state index contributed by atoms with van der Waals surface area (Å²) < 4.78 is 7.13. The van der Waals surface area contributed by atoms with E-state index in [9.17, 15) is 4.79 Å². The third-order valence-electron chi connectivity index (χ3n) is 7.25. The number of carbonyl (C=O) groups excluding carboxylic acids is 1. The minimum absolute atomic E-state index is 0.119. The number of hydrogen-bond donors (Lipinski definition) is 1. The number of aromatic nitrogens is 2. The van der Waals surface area contributed by atoms with Crippen LogP contribution in [0, 0.1) is 13.8 Å². The second kappa shape index (κ2) is 10.4. The van der Waals surface area contributed by atoms with Gasteiger partial charge in [0.2, 0.25) is 0 Å². The molecule has 1 saturated heterocycles. The second-order valence-corrected chi connectivity index (χ2v) is 10.3. The van der Waals surface area contributed by atoms with Crippen LogP contribution in [-0.2, 0) is 4.74 Å². The first-order chi connectivity index (χ1) is 18.3. The minimum Gasteiger partial charge on any atom is -0.465 e. The molecule has 0 radical (unpaired) electrons. The molecule has 0 saturated carbocycles. The van der Waals surface area contributed by atoms with Crippen molar-refractivity contribution in [3.63, 3.8) is 0 Å². The van der Waals surface area contributed by atoms with E-state index in [4.69, 9.17) is 17.0 Å². The maximum atomic E-state index is 12.2. The summed E-state index contributed by atoms with van der Waals surface area (Å²) in [7, 11) is 1.40.